The van der Waals surface area contributed by atoms with Gasteiger partial charge < -0.3 is 9.84 Å². The van der Waals surface area contributed by atoms with Crippen LogP contribution in [0.1, 0.15) is 38.5 Å². The van der Waals surface area contributed by atoms with Crippen LogP contribution in [0.2, 0.25) is 0 Å². The van der Waals surface area contributed by atoms with Crippen LogP contribution in [0, 0.1) is 5.92 Å². The van der Waals surface area contributed by atoms with E-state index in [0.717, 1.165) is 38.5 Å². The van der Waals surface area contributed by atoms with Gasteiger partial charge >= 0.3 is 5.97 Å². The lowest BCUT2D eigenvalue weighted by Gasteiger charge is -2.31. The summed E-state index contributed by atoms with van der Waals surface area (Å²) in [5.41, 5.74) is 0. The summed E-state index contributed by atoms with van der Waals surface area (Å²) in [5.74, 6) is 0.238. The number of ether oxygens (including phenoxy) is 1. The first-order valence-corrected chi connectivity index (χ1v) is 6.24. The van der Waals surface area contributed by atoms with Crippen molar-refractivity contribution in [1.82, 2.24) is 5.32 Å². The van der Waals surface area contributed by atoms with Crippen LogP contribution in [0.25, 0.3) is 0 Å². The third kappa shape index (κ3) is 2.74. The van der Waals surface area contributed by atoms with Crippen LogP contribution in [0.4, 0.5) is 0 Å². The van der Waals surface area contributed by atoms with Crippen molar-refractivity contribution >= 4 is 5.97 Å². The first-order chi connectivity index (χ1) is 7.72. The zero-order valence-electron chi connectivity index (χ0n) is 9.82. The van der Waals surface area contributed by atoms with Gasteiger partial charge in [0.05, 0.1) is 13.2 Å². The number of nitrogens with one attached hydrogen (secondary N) is 1. The molecule has 0 heterocycles. The maximum absolute atomic E-state index is 11.6. The lowest BCUT2D eigenvalue weighted by Crippen LogP contribution is -2.51. The van der Waals surface area contributed by atoms with Crippen LogP contribution >= 0.6 is 0 Å². The Balaban J connectivity index is 1.91. The molecule has 4 nitrogen and oxygen atoms in total. The van der Waals surface area contributed by atoms with E-state index in [0.29, 0.717) is 5.92 Å². The molecule has 0 aliphatic heterocycles. The van der Waals surface area contributed by atoms with E-state index in [4.69, 9.17) is 4.74 Å². The summed E-state index contributed by atoms with van der Waals surface area (Å²) in [6, 6.07) is -0.138. The van der Waals surface area contributed by atoms with Crippen LogP contribution < -0.4 is 5.32 Å². The molecule has 2 N–H and O–H groups in total. The normalized spacial score (nSPS) is 32.1. The highest BCUT2D eigenvalue weighted by molar-refractivity contribution is 5.76. The first kappa shape index (κ1) is 11.9. The molecule has 0 aromatic carbocycles. The van der Waals surface area contributed by atoms with E-state index < -0.39 is 0 Å². The van der Waals surface area contributed by atoms with E-state index in [2.05, 4.69) is 5.32 Å². The first-order valence-electron chi connectivity index (χ1n) is 6.24. The summed E-state index contributed by atoms with van der Waals surface area (Å²) in [5, 5.41) is 13.2. The number of aliphatic hydroxyl groups excluding tert-OH is 1. The van der Waals surface area contributed by atoms with Gasteiger partial charge in [-0.05, 0) is 31.6 Å². The fourth-order valence-electron chi connectivity index (χ4n) is 2.49. The van der Waals surface area contributed by atoms with Crippen molar-refractivity contribution < 1.29 is 14.6 Å². The number of hydrogen-bond donors (Lipinski definition) is 2. The second kappa shape index (κ2) is 5.15. The van der Waals surface area contributed by atoms with Crippen LogP contribution in [-0.4, -0.2) is 36.4 Å². The predicted octanol–water partition coefficient (Wildman–Crippen LogP) is 0.831. The number of esters is 1. The molecule has 0 amide bonds. The highest BCUT2D eigenvalue weighted by Crippen LogP contribution is 2.34. The van der Waals surface area contributed by atoms with Crippen molar-refractivity contribution in [3.05, 3.63) is 0 Å². The molecule has 4 heteroatoms. The quantitative estimate of drug-likeness (QED) is 0.698. The van der Waals surface area contributed by atoms with Gasteiger partial charge in [-0.3, -0.25) is 10.1 Å². The molecule has 2 saturated carbocycles. The number of hydrogen-bond acceptors (Lipinski definition) is 4. The average Bonchev–Trinajstić information content (AvgIpc) is 3.11. The maximum atomic E-state index is 11.6. The highest BCUT2D eigenvalue weighted by Gasteiger charge is 2.39. The minimum absolute atomic E-state index is 0.0680. The summed E-state index contributed by atoms with van der Waals surface area (Å²) in [6.07, 6.45) is 5.90. The standard InChI is InChI=1S/C12H21NO3/c1-16-12(15)11(8-6-7-8)13-9-4-2-3-5-10(9)14/h8-11,13-14H,2-7H2,1H3. The molecule has 0 aromatic heterocycles. The second-order valence-electron chi connectivity index (χ2n) is 4.96. The van der Waals surface area contributed by atoms with Crippen molar-refractivity contribution in [1.29, 1.82) is 0 Å². The van der Waals surface area contributed by atoms with Crippen molar-refractivity contribution in [2.24, 2.45) is 5.92 Å². The Morgan fingerprint density at radius 3 is 2.56 bits per heavy atom. The highest BCUT2D eigenvalue weighted by atomic mass is 16.5. The molecule has 0 radical (unpaired) electrons. The van der Waals surface area contributed by atoms with Crippen molar-refractivity contribution in [3.63, 3.8) is 0 Å². The van der Waals surface area contributed by atoms with E-state index >= 15 is 0 Å². The molecule has 2 aliphatic rings. The monoisotopic (exact) mass is 227 g/mol. The van der Waals surface area contributed by atoms with Crippen LogP contribution in [-0.2, 0) is 9.53 Å². The summed E-state index contributed by atoms with van der Waals surface area (Å²) >= 11 is 0. The van der Waals surface area contributed by atoms with Crippen LogP contribution in [0.3, 0.4) is 0 Å². The molecular formula is C12H21NO3. The Kier molecular flexibility index (Phi) is 3.82. The lowest BCUT2D eigenvalue weighted by atomic mass is 9.91. The Morgan fingerprint density at radius 1 is 1.31 bits per heavy atom. The minimum Gasteiger partial charge on any atom is -0.468 e. The number of rotatable bonds is 4. The summed E-state index contributed by atoms with van der Waals surface area (Å²) < 4.78 is 4.81. The molecular weight excluding hydrogens is 206 g/mol. The molecule has 0 aromatic rings. The molecule has 2 aliphatic carbocycles. The Bertz CT molecular complexity index is 253. The minimum atomic E-state index is -0.306. The van der Waals surface area contributed by atoms with Gasteiger partial charge in [-0.25, -0.2) is 0 Å². The average molecular weight is 227 g/mol. The van der Waals surface area contributed by atoms with Gasteiger partial charge in [-0.15, -0.1) is 0 Å². The SMILES string of the molecule is COC(=O)C(NC1CCCCC1O)C1CC1. The van der Waals surface area contributed by atoms with E-state index in [-0.39, 0.29) is 24.2 Å². The van der Waals surface area contributed by atoms with Crippen molar-refractivity contribution in [3.8, 4) is 0 Å². The largest absolute Gasteiger partial charge is 0.468 e. The Labute approximate surface area is 96.4 Å². The Morgan fingerprint density at radius 2 is 2.00 bits per heavy atom. The van der Waals surface area contributed by atoms with Gasteiger partial charge in [0.1, 0.15) is 6.04 Å². The van der Waals surface area contributed by atoms with Gasteiger partial charge in [0.25, 0.3) is 0 Å². The molecule has 3 atom stereocenters. The smallest absolute Gasteiger partial charge is 0.323 e. The summed E-state index contributed by atoms with van der Waals surface area (Å²) in [4.78, 5) is 11.6. The Hall–Kier alpha value is -0.610. The van der Waals surface area contributed by atoms with Gasteiger partial charge in [0, 0.05) is 6.04 Å². The number of carbonyl (C=O) groups is 1. The molecule has 3 unspecified atom stereocenters. The number of carbonyl (C=O) groups excluding carboxylic acids is 1. The number of aliphatic hydroxyl groups is 1. The van der Waals surface area contributed by atoms with E-state index in [9.17, 15) is 9.90 Å². The third-order valence-corrected chi connectivity index (χ3v) is 3.67. The molecule has 0 saturated heterocycles. The zero-order valence-corrected chi connectivity index (χ0v) is 9.82. The van der Waals surface area contributed by atoms with Crippen LogP contribution in [0.15, 0.2) is 0 Å². The van der Waals surface area contributed by atoms with E-state index in [1.807, 2.05) is 0 Å². The van der Waals surface area contributed by atoms with Gasteiger partial charge in [-0.2, -0.15) is 0 Å². The molecule has 92 valence electrons. The molecule has 16 heavy (non-hydrogen) atoms. The fraction of sp³-hybridized carbons (Fsp3) is 0.917. The topological polar surface area (TPSA) is 58.6 Å². The molecule has 2 fully saturated rings. The zero-order chi connectivity index (χ0) is 11.5. The summed E-state index contributed by atoms with van der Waals surface area (Å²) in [7, 11) is 1.43. The van der Waals surface area contributed by atoms with Gasteiger partial charge in [0.15, 0.2) is 0 Å². The van der Waals surface area contributed by atoms with Gasteiger partial charge in [-0.1, -0.05) is 12.8 Å². The molecule has 0 spiro atoms. The van der Waals surface area contributed by atoms with E-state index in [1.165, 1.54) is 7.11 Å². The predicted molar refractivity (Wildman–Crippen MR) is 59.9 cm³/mol. The lowest BCUT2D eigenvalue weighted by molar-refractivity contribution is -0.144. The third-order valence-electron chi connectivity index (χ3n) is 3.67. The fourth-order valence-corrected chi connectivity index (χ4v) is 2.49. The van der Waals surface area contributed by atoms with Crippen molar-refractivity contribution in [2.75, 3.05) is 7.11 Å². The summed E-state index contributed by atoms with van der Waals surface area (Å²) in [6.45, 7) is 0. The molecule has 2 rings (SSSR count). The van der Waals surface area contributed by atoms with Crippen molar-refractivity contribution in [2.45, 2.75) is 56.7 Å². The van der Waals surface area contributed by atoms with Crippen LogP contribution in [0.5, 0.6) is 0 Å². The van der Waals surface area contributed by atoms with Gasteiger partial charge in [0.2, 0.25) is 0 Å². The molecule has 0 bridgehead atoms. The van der Waals surface area contributed by atoms with E-state index in [1.54, 1.807) is 0 Å². The maximum Gasteiger partial charge on any atom is 0.323 e. The number of methoxy groups -OCH3 is 1. The second-order valence-corrected chi connectivity index (χ2v) is 4.96.